The first kappa shape index (κ1) is 13.4. The first-order valence-corrected chi connectivity index (χ1v) is 6.56. The summed E-state index contributed by atoms with van der Waals surface area (Å²) in [7, 11) is 0. The summed E-state index contributed by atoms with van der Waals surface area (Å²) < 4.78 is 13.9. The molecular formula is C12H16N6O4. The minimum atomic E-state index is -1.41. The molecule has 2 aromatic heterocycles. The number of nitrogens with two attached hydrogens (primary N) is 1. The van der Waals surface area contributed by atoms with Crippen LogP contribution in [0.1, 0.15) is 14.5 Å². The molecule has 1 amide bonds. The predicted octanol–water partition coefficient (Wildman–Crippen LogP) is -1.84. The number of rotatable bonds is 3. The van der Waals surface area contributed by atoms with Crippen LogP contribution in [0.2, 0.25) is 0 Å². The Kier molecular flexibility index (Phi) is 3.33. The second-order valence-electron chi connectivity index (χ2n) is 4.80. The van der Waals surface area contributed by atoms with Crippen molar-refractivity contribution < 1.29 is 21.1 Å². The van der Waals surface area contributed by atoms with Crippen LogP contribution in [0.3, 0.4) is 0 Å². The van der Waals surface area contributed by atoms with Gasteiger partial charge in [0.1, 0.15) is 24.1 Å². The zero-order chi connectivity index (χ0) is 16.6. The summed E-state index contributed by atoms with van der Waals surface area (Å²) in [4.78, 5) is 23.8. The molecule has 0 saturated carbocycles. The SMILES string of the molecule is [2H]CCNC(=O)[C@H]1OC(n2cnc3c(N)ncnc32)[C@H](O)[C@@H]1O. The Morgan fingerprint density at radius 1 is 1.50 bits per heavy atom. The van der Waals surface area contributed by atoms with Gasteiger partial charge in [-0.2, -0.15) is 0 Å². The zero-order valence-corrected chi connectivity index (χ0v) is 11.5. The summed E-state index contributed by atoms with van der Waals surface area (Å²) in [5, 5.41) is 22.7. The normalized spacial score (nSPS) is 28.7. The average Bonchev–Trinajstić information content (AvgIpc) is 3.09. The maximum Gasteiger partial charge on any atom is 0.252 e. The van der Waals surface area contributed by atoms with E-state index in [0.29, 0.717) is 11.2 Å². The van der Waals surface area contributed by atoms with Gasteiger partial charge in [-0.05, 0) is 6.90 Å². The van der Waals surface area contributed by atoms with Crippen molar-refractivity contribution in [1.82, 2.24) is 24.8 Å². The molecule has 1 saturated heterocycles. The number of ether oxygens (including phenoxy) is 1. The van der Waals surface area contributed by atoms with Crippen molar-refractivity contribution in [3.8, 4) is 0 Å². The Morgan fingerprint density at radius 3 is 3.09 bits per heavy atom. The van der Waals surface area contributed by atoms with Crippen molar-refractivity contribution in [2.75, 3.05) is 12.3 Å². The zero-order valence-electron chi connectivity index (χ0n) is 12.5. The third kappa shape index (κ3) is 2.17. The summed E-state index contributed by atoms with van der Waals surface area (Å²) in [6.45, 7) is 0.132. The lowest BCUT2D eigenvalue weighted by Gasteiger charge is -2.16. The molecule has 5 N–H and O–H groups in total. The van der Waals surface area contributed by atoms with Crippen LogP contribution >= 0.6 is 0 Å². The van der Waals surface area contributed by atoms with Gasteiger partial charge in [-0.1, -0.05) is 0 Å². The number of carbonyl (C=O) groups is 1. The lowest BCUT2D eigenvalue weighted by molar-refractivity contribution is -0.137. The smallest absolute Gasteiger partial charge is 0.252 e. The molecule has 0 aliphatic carbocycles. The van der Waals surface area contributed by atoms with Crippen molar-refractivity contribution >= 4 is 22.9 Å². The molecule has 3 rings (SSSR count). The lowest BCUT2D eigenvalue weighted by Crippen LogP contribution is -2.42. The molecule has 1 fully saturated rings. The molecule has 1 unspecified atom stereocenters. The van der Waals surface area contributed by atoms with Gasteiger partial charge in [0.2, 0.25) is 0 Å². The van der Waals surface area contributed by atoms with E-state index in [1.807, 2.05) is 0 Å². The molecule has 10 heteroatoms. The summed E-state index contributed by atoms with van der Waals surface area (Å²) in [5.74, 6) is -0.420. The summed E-state index contributed by atoms with van der Waals surface area (Å²) in [5.41, 5.74) is 6.35. The highest BCUT2D eigenvalue weighted by Crippen LogP contribution is 2.31. The van der Waals surface area contributed by atoms with E-state index in [9.17, 15) is 15.0 Å². The number of likely N-dealkylation sites (N-methyl/N-ethyl adjacent to an activating group) is 1. The number of aliphatic hydroxyl groups excluding tert-OH is 2. The minimum Gasteiger partial charge on any atom is -0.387 e. The van der Waals surface area contributed by atoms with E-state index in [0.717, 1.165) is 0 Å². The first-order chi connectivity index (χ1) is 11.0. The Bertz CT molecular complexity index is 725. The standard InChI is InChI=1S/C12H16N6O4/c1-2-14-11(21)8-6(19)7(20)12(22-8)18-4-17-5-9(13)15-3-16-10(5)18/h3-4,6-8,12,19-20H,2H2,1H3,(H,14,21)(H2,13,15,16)/t6-,7+,8-,12?/m0/s1/i1D. The van der Waals surface area contributed by atoms with Crippen molar-refractivity contribution in [1.29, 1.82) is 0 Å². The second-order valence-corrected chi connectivity index (χ2v) is 4.80. The second kappa shape index (κ2) is 5.48. The van der Waals surface area contributed by atoms with E-state index < -0.39 is 30.4 Å². The fourth-order valence-corrected chi connectivity index (χ4v) is 2.39. The van der Waals surface area contributed by atoms with E-state index in [2.05, 4.69) is 20.3 Å². The molecule has 2 aromatic rings. The molecule has 118 valence electrons. The number of carbonyl (C=O) groups excluding carboxylic acids is 1. The summed E-state index contributed by atoms with van der Waals surface area (Å²) >= 11 is 0. The van der Waals surface area contributed by atoms with Gasteiger partial charge in [0, 0.05) is 7.92 Å². The van der Waals surface area contributed by atoms with Crippen LogP contribution in [0.4, 0.5) is 5.82 Å². The molecule has 0 aromatic carbocycles. The molecular weight excluding hydrogens is 292 g/mol. The van der Waals surface area contributed by atoms with Gasteiger partial charge in [-0.15, -0.1) is 0 Å². The van der Waals surface area contributed by atoms with Gasteiger partial charge in [0.05, 0.1) is 6.33 Å². The number of anilines is 1. The molecule has 1 aliphatic heterocycles. The number of fused-ring (bicyclic) bond motifs is 1. The minimum absolute atomic E-state index is 0.00287. The molecule has 22 heavy (non-hydrogen) atoms. The van der Waals surface area contributed by atoms with Gasteiger partial charge in [-0.3, -0.25) is 9.36 Å². The molecule has 4 atom stereocenters. The third-order valence-corrected chi connectivity index (χ3v) is 3.46. The van der Waals surface area contributed by atoms with Crippen LogP contribution in [0.15, 0.2) is 12.7 Å². The topological polar surface area (TPSA) is 148 Å². The lowest BCUT2D eigenvalue weighted by atomic mass is 10.1. The number of imidazole rings is 1. The van der Waals surface area contributed by atoms with Gasteiger partial charge >= 0.3 is 0 Å². The van der Waals surface area contributed by atoms with Crippen LogP contribution in [-0.4, -0.2) is 60.5 Å². The maximum atomic E-state index is 11.9. The van der Waals surface area contributed by atoms with E-state index in [4.69, 9.17) is 11.8 Å². The van der Waals surface area contributed by atoms with Gasteiger partial charge in [0.15, 0.2) is 23.8 Å². The number of hydrogen-bond donors (Lipinski definition) is 4. The highest BCUT2D eigenvalue weighted by molar-refractivity contribution is 5.82. The van der Waals surface area contributed by atoms with Gasteiger partial charge < -0.3 is 26.0 Å². The summed E-state index contributed by atoms with van der Waals surface area (Å²) in [6.07, 6.45) is -2.47. The fourth-order valence-electron chi connectivity index (χ4n) is 2.39. The van der Waals surface area contributed by atoms with Crippen molar-refractivity contribution in [2.45, 2.75) is 31.4 Å². The van der Waals surface area contributed by atoms with Crippen molar-refractivity contribution in [3.63, 3.8) is 0 Å². The monoisotopic (exact) mass is 309 g/mol. The molecule has 3 heterocycles. The average molecular weight is 309 g/mol. The number of hydrogen-bond acceptors (Lipinski definition) is 8. The van der Waals surface area contributed by atoms with E-state index in [1.54, 1.807) is 0 Å². The number of amides is 1. The van der Waals surface area contributed by atoms with Crippen LogP contribution in [0.25, 0.3) is 11.2 Å². The molecule has 1 aliphatic rings. The number of nitrogen functional groups attached to an aromatic ring is 1. The van der Waals surface area contributed by atoms with Gasteiger partial charge in [-0.25, -0.2) is 15.0 Å². The number of aromatic nitrogens is 4. The Balaban J connectivity index is 1.88. The molecule has 0 bridgehead atoms. The van der Waals surface area contributed by atoms with Crippen molar-refractivity contribution in [2.24, 2.45) is 0 Å². The predicted molar refractivity (Wildman–Crippen MR) is 74.3 cm³/mol. The largest absolute Gasteiger partial charge is 0.387 e. The molecule has 10 nitrogen and oxygen atoms in total. The van der Waals surface area contributed by atoms with E-state index in [1.165, 1.54) is 17.2 Å². The van der Waals surface area contributed by atoms with E-state index >= 15 is 0 Å². The summed E-state index contributed by atoms with van der Waals surface area (Å²) in [6, 6.07) is 0. The number of aliphatic hydroxyl groups is 2. The van der Waals surface area contributed by atoms with Crippen LogP contribution < -0.4 is 11.1 Å². The maximum absolute atomic E-state index is 11.9. The Labute approximate surface area is 126 Å². The highest BCUT2D eigenvalue weighted by atomic mass is 16.6. The first-order valence-electron chi connectivity index (χ1n) is 7.27. The third-order valence-electron chi connectivity index (χ3n) is 3.46. The Hall–Kier alpha value is -2.30. The van der Waals surface area contributed by atoms with Crippen LogP contribution in [0.5, 0.6) is 0 Å². The quantitative estimate of drug-likeness (QED) is 0.517. The van der Waals surface area contributed by atoms with E-state index in [-0.39, 0.29) is 19.3 Å². The fraction of sp³-hybridized carbons (Fsp3) is 0.500. The number of nitrogens with one attached hydrogen (secondary N) is 1. The van der Waals surface area contributed by atoms with Crippen molar-refractivity contribution in [3.05, 3.63) is 12.7 Å². The Morgan fingerprint density at radius 2 is 2.32 bits per heavy atom. The molecule has 0 spiro atoms. The number of nitrogens with zero attached hydrogens (tertiary/aromatic N) is 4. The van der Waals surface area contributed by atoms with Crippen LogP contribution in [-0.2, 0) is 9.53 Å². The van der Waals surface area contributed by atoms with Gasteiger partial charge in [0.25, 0.3) is 5.91 Å². The molecule has 0 radical (unpaired) electrons. The van der Waals surface area contributed by atoms with Crippen LogP contribution in [0, 0.1) is 0 Å². The highest BCUT2D eigenvalue weighted by Gasteiger charge is 2.47.